The summed E-state index contributed by atoms with van der Waals surface area (Å²) in [5.74, 6) is 1.42. The number of nitrogens with zero attached hydrogens (tertiary/aromatic N) is 2. The number of hydrogen-bond acceptors (Lipinski definition) is 1. The van der Waals surface area contributed by atoms with E-state index < -0.39 is 4.33 Å². The maximum Gasteiger partial charge on any atom is 0.123 e. The van der Waals surface area contributed by atoms with Crippen LogP contribution in [0.3, 0.4) is 0 Å². The maximum absolute atomic E-state index is 5.91. The molecule has 12 heavy (non-hydrogen) atoms. The molecule has 1 fully saturated rings. The number of aromatic nitrogens is 2. The molecule has 0 saturated heterocycles. The largest absolute Gasteiger partial charge is 0.335 e. The van der Waals surface area contributed by atoms with Crippen molar-refractivity contribution in [3.05, 3.63) is 18.2 Å². The molecule has 1 saturated carbocycles. The second-order valence-corrected chi connectivity index (χ2v) is 4.83. The van der Waals surface area contributed by atoms with Gasteiger partial charge in [0.05, 0.1) is 0 Å². The van der Waals surface area contributed by atoms with Crippen molar-refractivity contribution in [3.8, 4) is 0 Å². The zero-order chi connectivity index (χ0) is 8.77. The summed E-state index contributed by atoms with van der Waals surface area (Å²) in [5.41, 5.74) is 0. The Morgan fingerprint density at radius 2 is 2.42 bits per heavy atom. The van der Waals surface area contributed by atoms with Crippen LogP contribution in [0.4, 0.5) is 0 Å². The quantitative estimate of drug-likeness (QED) is 0.677. The molecule has 2 rings (SSSR count). The molecule has 1 aliphatic rings. The highest BCUT2D eigenvalue weighted by molar-refractivity contribution is 6.50. The van der Waals surface area contributed by atoms with Crippen LogP contribution >= 0.6 is 23.2 Å². The van der Waals surface area contributed by atoms with Gasteiger partial charge in [0.15, 0.2) is 0 Å². The summed E-state index contributed by atoms with van der Waals surface area (Å²) in [6.45, 7) is 2.87. The first-order valence-corrected chi connectivity index (χ1v) is 4.71. The van der Waals surface area contributed by atoms with Crippen molar-refractivity contribution >= 4 is 23.2 Å². The Labute approximate surface area is 81.5 Å². The normalized spacial score (nSPS) is 25.8. The predicted molar refractivity (Wildman–Crippen MR) is 49.5 cm³/mol. The first kappa shape index (κ1) is 8.39. The monoisotopic (exact) mass is 204 g/mol. The average molecular weight is 205 g/mol. The molecule has 0 aromatic carbocycles. The third-order valence-electron chi connectivity index (χ3n) is 2.30. The van der Waals surface area contributed by atoms with Crippen molar-refractivity contribution in [3.63, 3.8) is 0 Å². The first-order valence-electron chi connectivity index (χ1n) is 3.95. The lowest BCUT2D eigenvalue weighted by Crippen LogP contribution is -2.04. The number of rotatable bonds is 2. The van der Waals surface area contributed by atoms with E-state index in [0.29, 0.717) is 5.92 Å². The van der Waals surface area contributed by atoms with Gasteiger partial charge in [-0.2, -0.15) is 0 Å². The van der Waals surface area contributed by atoms with E-state index >= 15 is 0 Å². The average Bonchev–Trinajstić information content (AvgIpc) is 2.39. The highest BCUT2D eigenvalue weighted by Crippen LogP contribution is 2.53. The SMILES string of the molecule is Cc1nccn1CC1CC1(Cl)Cl. The smallest absolute Gasteiger partial charge is 0.123 e. The number of hydrogen-bond donors (Lipinski definition) is 0. The van der Waals surface area contributed by atoms with Crippen molar-refractivity contribution in [2.24, 2.45) is 5.92 Å². The van der Waals surface area contributed by atoms with Crippen LogP contribution in [-0.4, -0.2) is 13.9 Å². The van der Waals surface area contributed by atoms with E-state index in [-0.39, 0.29) is 0 Å². The predicted octanol–water partition coefficient (Wildman–Crippen LogP) is 2.39. The molecule has 1 aliphatic carbocycles. The van der Waals surface area contributed by atoms with Crippen LogP contribution < -0.4 is 0 Å². The van der Waals surface area contributed by atoms with Crippen LogP contribution in [0.15, 0.2) is 12.4 Å². The van der Waals surface area contributed by atoms with E-state index in [0.717, 1.165) is 18.8 Å². The molecule has 1 atom stereocenters. The molecule has 4 heteroatoms. The van der Waals surface area contributed by atoms with Crippen molar-refractivity contribution in [1.82, 2.24) is 9.55 Å². The van der Waals surface area contributed by atoms with Crippen molar-refractivity contribution in [2.75, 3.05) is 0 Å². The zero-order valence-electron chi connectivity index (χ0n) is 6.80. The fourth-order valence-corrected chi connectivity index (χ4v) is 1.81. The van der Waals surface area contributed by atoms with Gasteiger partial charge in [0.2, 0.25) is 0 Å². The fourth-order valence-electron chi connectivity index (χ4n) is 1.30. The molecule has 0 radical (unpaired) electrons. The van der Waals surface area contributed by atoms with Gasteiger partial charge in [-0.15, -0.1) is 23.2 Å². The Hall–Kier alpha value is -0.210. The summed E-state index contributed by atoms with van der Waals surface area (Å²) >= 11 is 11.8. The van der Waals surface area contributed by atoms with Crippen molar-refractivity contribution in [1.29, 1.82) is 0 Å². The van der Waals surface area contributed by atoms with Crippen LogP contribution in [0.1, 0.15) is 12.2 Å². The van der Waals surface area contributed by atoms with Gasteiger partial charge >= 0.3 is 0 Å². The summed E-state index contributed by atoms with van der Waals surface area (Å²) < 4.78 is 1.61. The number of aryl methyl sites for hydroxylation is 1. The van der Waals surface area contributed by atoms with E-state index in [1.54, 1.807) is 6.20 Å². The number of imidazole rings is 1. The minimum atomic E-state index is -0.475. The molecule has 1 heterocycles. The third-order valence-corrected chi connectivity index (χ3v) is 3.22. The van der Waals surface area contributed by atoms with Crippen molar-refractivity contribution < 1.29 is 0 Å². The van der Waals surface area contributed by atoms with Gasteiger partial charge in [-0.25, -0.2) is 4.98 Å². The van der Waals surface area contributed by atoms with Crippen LogP contribution in [0, 0.1) is 12.8 Å². The van der Waals surface area contributed by atoms with E-state index in [1.807, 2.05) is 13.1 Å². The van der Waals surface area contributed by atoms with Gasteiger partial charge in [-0.1, -0.05) is 0 Å². The molecule has 0 spiro atoms. The Bertz CT molecular complexity index is 293. The molecular weight excluding hydrogens is 195 g/mol. The molecule has 0 N–H and O–H groups in total. The number of halogens is 2. The zero-order valence-corrected chi connectivity index (χ0v) is 8.31. The first-order chi connectivity index (χ1) is 5.59. The van der Waals surface area contributed by atoms with E-state index in [1.165, 1.54) is 0 Å². The molecule has 0 amide bonds. The fraction of sp³-hybridized carbons (Fsp3) is 0.625. The number of alkyl halides is 2. The highest BCUT2D eigenvalue weighted by Gasteiger charge is 2.51. The van der Waals surface area contributed by atoms with Crippen LogP contribution in [-0.2, 0) is 6.54 Å². The standard InChI is InChI=1S/C8H10Cl2N2/c1-6-11-2-3-12(6)5-7-4-8(7,9)10/h2-3,7H,4-5H2,1H3. The molecule has 0 aliphatic heterocycles. The second-order valence-electron chi connectivity index (χ2n) is 3.29. The van der Waals surface area contributed by atoms with Gasteiger partial charge in [0, 0.05) is 24.9 Å². The van der Waals surface area contributed by atoms with Gasteiger partial charge in [0.25, 0.3) is 0 Å². The Kier molecular flexibility index (Phi) is 1.85. The summed E-state index contributed by atoms with van der Waals surface area (Å²) in [5, 5.41) is 0. The molecule has 1 aromatic heterocycles. The molecule has 1 unspecified atom stereocenters. The molecular formula is C8H10Cl2N2. The molecule has 2 nitrogen and oxygen atoms in total. The third kappa shape index (κ3) is 1.46. The van der Waals surface area contributed by atoms with E-state index in [2.05, 4.69) is 9.55 Å². The molecule has 66 valence electrons. The van der Waals surface area contributed by atoms with Crippen LogP contribution in [0.25, 0.3) is 0 Å². The summed E-state index contributed by atoms with van der Waals surface area (Å²) in [6, 6.07) is 0. The van der Waals surface area contributed by atoms with Crippen LogP contribution in [0.5, 0.6) is 0 Å². The lowest BCUT2D eigenvalue weighted by Gasteiger charge is -2.03. The summed E-state index contributed by atoms with van der Waals surface area (Å²) in [6.07, 6.45) is 4.65. The van der Waals surface area contributed by atoms with Crippen molar-refractivity contribution in [2.45, 2.75) is 24.2 Å². The molecule has 0 bridgehead atoms. The highest BCUT2D eigenvalue weighted by atomic mass is 35.5. The van der Waals surface area contributed by atoms with E-state index in [9.17, 15) is 0 Å². The Morgan fingerprint density at radius 1 is 1.75 bits per heavy atom. The van der Waals surface area contributed by atoms with Gasteiger partial charge in [0.1, 0.15) is 10.2 Å². The maximum atomic E-state index is 5.91. The summed E-state index contributed by atoms with van der Waals surface area (Å²) in [4.78, 5) is 4.12. The Balaban J connectivity index is 2.02. The minimum absolute atomic E-state index is 0.397. The summed E-state index contributed by atoms with van der Waals surface area (Å²) in [7, 11) is 0. The second kappa shape index (κ2) is 2.64. The van der Waals surface area contributed by atoms with Crippen LogP contribution in [0.2, 0.25) is 0 Å². The molecule has 1 aromatic rings. The van der Waals surface area contributed by atoms with Gasteiger partial charge in [-0.05, 0) is 13.3 Å². The Morgan fingerprint density at radius 3 is 2.83 bits per heavy atom. The van der Waals surface area contributed by atoms with Gasteiger partial charge in [-0.3, -0.25) is 0 Å². The van der Waals surface area contributed by atoms with E-state index in [4.69, 9.17) is 23.2 Å². The topological polar surface area (TPSA) is 17.8 Å². The van der Waals surface area contributed by atoms with Gasteiger partial charge < -0.3 is 4.57 Å². The minimum Gasteiger partial charge on any atom is -0.335 e. The lowest BCUT2D eigenvalue weighted by molar-refractivity contribution is 0.605. The lowest BCUT2D eigenvalue weighted by atomic mass is 10.4.